The van der Waals surface area contributed by atoms with Crippen molar-refractivity contribution in [1.29, 1.82) is 0 Å². The van der Waals surface area contributed by atoms with Crippen LogP contribution >= 0.6 is 11.3 Å². The van der Waals surface area contributed by atoms with Gasteiger partial charge in [0.1, 0.15) is 11.2 Å². The largest absolute Gasteiger partial charge is 0.461 e. The molecule has 1 atom stereocenters. The van der Waals surface area contributed by atoms with Gasteiger partial charge in [0.15, 0.2) is 11.4 Å². The molecule has 0 saturated heterocycles. The van der Waals surface area contributed by atoms with Gasteiger partial charge in [0.25, 0.3) is 0 Å². The topological polar surface area (TPSA) is 56.2 Å². The van der Waals surface area contributed by atoms with E-state index in [2.05, 4.69) is 30.9 Å². The monoisotopic (exact) mass is 366 g/mol. The van der Waals surface area contributed by atoms with Gasteiger partial charge in [-0.2, -0.15) is 0 Å². The lowest BCUT2D eigenvalue weighted by molar-refractivity contribution is 0.184. The maximum absolute atomic E-state index is 5.46. The minimum Gasteiger partial charge on any atom is -0.461 e. The van der Waals surface area contributed by atoms with Crippen LogP contribution in [0, 0.1) is 11.3 Å². The van der Waals surface area contributed by atoms with Crippen LogP contribution in [0.2, 0.25) is 0 Å². The summed E-state index contributed by atoms with van der Waals surface area (Å²) in [7, 11) is 0. The van der Waals surface area contributed by atoms with Crippen molar-refractivity contribution in [3.63, 3.8) is 0 Å². The molecule has 0 radical (unpaired) electrons. The number of thiophene rings is 1. The summed E-state index contributed by atoms with van der Waals surface area (Å²) in [6.07, 6.45) is 8.14. The first-order chi connectivity index (χ1) is 12.6. The van der Waals surface area contributed by atoms with Gasteiger partial charge in [-0.25, -0.2) is 14.5 Å². The SMILES string of the molecule is CCC(C)(C)[C@@H]1CCc2c(sc3ncn4nc(-c5ccco5)nc4c23)C1. The van der Waals surface area contributed by atoms with Crippen LogP contribution < -0.4 is 0 Å². The van der Waals surface area contributed by atoms with E-state index in [1.807, 2.05) is 23.5 Å². The molecular weight excluding hydrogens is 344 g/mol. The number of rotatable bonds is 3. The summed E-state index contributed by atoms with van der Waals surface area (Å²) in [5.41, 5.74) is 2.72. The molecule has 0 unspecified atom stereocenters. The van der Waals surface area contributed by atoms with Crippen molar-refractivity contribution in [2.75, 3.05) is 0 Å². The molecule has 0 saturated carbocycles. The standard InChI is InChI=1S/C20H22N4OS/c1-4-20(2,3)12-7-8-13-15(10-12)26-19-16(13)18-22-17(14-6-5-9-25-14)23-24(18)11-21-19/h5-6,9,11-12H,4,7-8,10H2,1-3H3/t12-/m1/s1. The molecule has 1 aliphatic carbocycles. The van der Waals surface area contributed by atoms with Crippen LogP contribution in [0.25, 0.3) is 27.4 Å². The lowest BCUT2D eigenvalue weighted by Gasteiger charge is -2.36. The van der Waals surface area contributed by atoms with Crippen molar-refractivity contribution in [3.8, 4) is 11.6 Å². The summed E-state index contributed by atoms with van der Waals surface area (Å²) in [5, 5.41) is 5.74. The Bertz CT molecular complexity index is 1090. The number of fused-ring (bicyclic) bond motifs is 5. The van der Waals surface area contributed by atoms with E-state index in [0.29, 0.717) is 17.0 Å². The summed E-state index contributed by atoms with van der Waals surface area (Å²) >= 11 is 1.84. The van der Waals surface area contributed by atoms with E-state index in [1.54, 1.807) is 17.1 Å². The highest BCUT2D eigenvalue weighted by molar-refractivity contribution is 7.19. The third kappa shape index (κ3) is 2.31. The van der Waals surface area contributed by atoms with Gasteiger partial charge in [0, 0.05) is 4.88 Å². The van der Waals surface area contributed by atoms with Crippen molar-refractivity contribution >= 4 is 27.2 Å². The maximum atomic E-state index is 5.46. The van der Waals surface area contributed by atoms with Crippen molar-refractivity contribution in [2.45, 2.75) is 46.5 Å². The predicted molar refractivity (Wildman–Crippen MR) is 103 cm³/mol. The van der Waals surface area contributed by atoms with Crippen molar-refractivity contribution in [1.82, 2.24) is 19.6 Å². The van der Waals surface area contributed by atoms with Gasteiger partial charge in [0.05, 0.1) is 11.6 Å². The first kappa shape index (κ1) is 16.0. The molecule has 5 nitrogen and oxygen atoms in total. The molecule has 1 aliphatic rings. The molecule has 0 bridgehead atoms. The summed E-state index contributed by atoms with van der Waals surface area (Å²) in [4.78, 5) is 12.0. The van der Waals surface area contributed by atoms with Crippen molar-refractivity contribution < 1.29 is 4.42 Å². The average Bonchev–Trinajstić information content (AvgIpc) is 3.36. The molecule has 26 heavy (non-hydrogen) atoms. The minimum atomic E-state index is 0.387. The Balaban J connectivity index is 1.65. The second-order valence-corrected chi connectivity index (χ2v) is 8.97. The lowest BCUT2D eigenvalue weighted by Crippen LogP contribution is -2.28. The first-order valence-corrected chi connectivity index (χ1v) is 10.1. The number of hydrogen-bond acceptors (Lipinski definition) is 5. The van der Waals surface area contributed by atoms with Crippen molar-refractivity contribution in [2.24, 2.45) is 11.3 Å². The summed E-state index contributed by atoms with van der Waals surface area (Å²) in [6.45, 7) is 7.11. The second-order valence-electron chi connectivity index (χ2n) is 7.89. The van der Waals surface area contributed by atoms with Crippen LogP contribution in [0.5, 0.6) is 0 Å². The van der Waals surface area contributed by atoms with Gasteiger partial charge in [0.2, 0.25) is 5.82 Å². The average molecular weight is 366 g/mol. The van der Waals surface area contributed by atoms with E-state index >= 15 is 0 Å². The van der Waals surface area contributed by atoms with Crippen LogP contribution in [0.15, 0.2) is 29.1 Å². The Morgan fingerprint density at radius 2 is 2.27 bits per heavy atom. The summed E-state index contributed by atoms with van der Waals surface area (Å²) in [6, 6.07) is 3.75. The maximum Gasteiger partial charge on any atom is 0.217 e. The fourth-order valence-corrected chi connectivity index (χ4v) is 5.30. The molecule has 0 aromatic carbocycles. The molecule has 0 fully saturated rings. The summed E-state index contributed by atoms with van der Waals surface area (Å²) in [5.74, 6) is 2.04. The molecule has 5 rings (SSSR count). The molecule has 4 aromatic rings. The van der Waals surface area contributed by atoms with Gasteiger partial charge in [-0.05, 0) is 48.3 Å². The Labute approximate surface area is 156 Å². The molecule has 0 aliphatic heterocycles. The molecule has 0 amide bonds. The molecule has 134 valence electrons. The van der Waals surface area contributed by atoms with Gasteiger partial charge in [-0.3, -0.25) is 0 Å². The highest BCUT2D eigenvalue weighted by atomic mass is 32.1. The fourth-order valence-electron chi connectivity index (χ4n) is 4.04. The van der Waals surface area contributed by atoms with Crippen molar-refractivity contribution in [3.05, 3.63) is 35.2 Å². The van der Waals surface area contributed by atoms with Crippen LogP contribution in [-0.4, -0.2) is 19.6 Å². The van der Waals surface area contributed by atoms with Crippen LogP contribution in [0.1, 0.15) is 44.1 Å². The molecular formula is C20H22N4OS. The van der Waals surface area contributed by atoms with Gasteiger partial charge >= 0.3 is 0 Å². The Hall–Kier alpha value is -2.21. The van der Waals surface area contributed by atoms with E-state index in [-0.39, 0.29) is 0 Å². The van der Waals surface area contributed by atoms with Gasteiger partial charge < -0.3 is 4.42 Å². The lowest BCUT2D eigenvalue weighted by atomic mass is 9.70. The second kappa shape index (κ2) is 5.64. The Morgan fingerprint density at radius 3 is 3.04 bits per heavy atom. The van der Waals surface area contributed by atoms with E-state index in [0.717, 1.165) is 29.2 Å². The highest BCUT2D eigenvalue weighted by Crippen LogP contribution is 2.45. The third-order valence-corrected chi connectivity index (χ3v) is 7.31. The van der Waals surface area contributed by atoms with Gasteiger partial charge in [-0.15, -0.1) is 16.4 Å². The van der Waals surface area contributed by atoms with E-state index < -0.39 is 0 Å². The quantitative estimate of drug-likeness (QED) is 0.504. The van der Waals surface area contributed by atoms with Crippen LogP contribution in [-0.2, 0) is 12.8 Å². The zero-order valence-corrected chi connectivity index (χ0v) is 16.1. The molecule has 0 spiro atoms. The fraction of sp³-hybridized carbons (Fsp3) is 0.450. The number of nitrogens with zero attached hydrogens (tertiary/aromatic N) is 4. The van der Waals surface area contributed by atoms with E-state index in [1.165, 1.54) is 28.7 Å². The number of furan rings is 1. The first-order valence-electron chi connectivity index (χ1n) is 9.26. The van der Waals surface area contributed by atoms with Crippen LogP contribution in [0.3, 0.4) is 0 Å². The molecule has 4 heterocycles. The predicted octanol–water partition coefficient (Wildman–Crippen LogP) is 5.14. The number of aromatic nitrogens is 4. The number of aryl methyl sites for hydroxylation is 1. The summed E-state index contributed by atoms with van der Waals surface area (Å²) < 4.78 is 7.25. The van der Waals surface area contributed by atoms with E-state index in [9.17, 15) is 0 Å². The van der Waals surface area contributed by atoms with Gasteiger partial charge in [-0.1, -0.05) is 27.2 Å². The molecule has 4 aromatic heterocycles. The normalized spacial score (nSPS) is 17.9. The smallest absolute Gasteiger partial charge is 0.217 e. The van der Waals surface area contributed by atoms with Crippen LogP contribution in [0.4, 0.5) is 0 Å². The highest BCUT2D eigenvalue weighted by Gasteiger charge is 2.33. The third-order valence-electron chi connectivity index (χ3n) is 6.14. The Morgan fingerprint density at radius 1 is 1.38 bits per heavy atom. The number of hydrogen-bond donors (Lipinski definition) is 0. The molecule has 6 heteroatoms. The zero-order valence-electron chi connectivity index (χ0n) is 15.3. The minimum absolute atomic E-state index is 0.387. The zero-order chi connectivity index (χ0) is 17.9. The van der Waals surface area contributed by atoms with E-state index in [4.69, 9.17) is 9.40 Å². The Kier molecular flexibility index (Phi) is 3.47. The molecule has 0 N–H and O–H groups in total.